The van der Waals surface area contributed by atoms with Crippen molar-refractivity contribution in [3.63, 3.8) is 0 Å². The first-order chi connectivity index (χ1) is 46.3. The van der Waals surface area contributed by atoms with Crippen LogP contribution in [0.25, 0.3) is 33.5 Å². The molecule has 6 aromatic heterocycles. The Labute approximate surface area is 592 Å². The third-order valence-electron chi connectivity index (χ3n) is 14.7. The van der Waals surface area contributed by atoms with Gasteiger partial charge in [0.15, 0.2) is 69.2 Å². The van der Waals surface area contributed by atoms with Gasteiger partial charge < -0.3 is 45.6 Å². The number of imidazole rings is 3. The monoisotopic (exact) mass is 1570 g/mol. The minimum absolute atomic E-state index is 0.0583. The molecule has 0 saturated carbocycles. The van der Waals surface area contributed by atoms with Gasteiger partial charge in [0.05, 0.1) is 80.0 Å². The van der Waals surface area contributed by atoms with Crippen LogP contribution in [0.15, 0.2) is 19.0 Å². The van der Waals surface area contributed by atoms with E-state index < -0.39 is 95.8 Å². The summed E-state index contributed by atoms with van der Waals surface area (Å²) in [4.78, 5) is 37.1. The maximum atomic E-state index is 16.1. The Bertz CT molecular complexity index is 3600. The number of aromatic nitrogens is 12. The highest BCUT2D eigenvalue weighted by molar-refractivity contribution is 8.77. The summed E-state index contributed by atoms with van der Waals surface area (Å²) in [6.07, 6.45) is -5.44. The van der Waals surface area contributed by atoms with Gasteiger partial charge in [-0.15, -0.1) is 0 Å². The molecule has 45 heteroatoms. The van der Waals surface area contributed by atoms with Gasteiger partial charge in [0.1, 0.15) is 36.6 Å². The molecule has 6 saturated heterocycles. The molecule has 0 aliphatic carbocycles. The number of phosphoric ester groups is 3. The van der Waals surface area contributed by atoms with Crippen LogP contribution in [0.1, 0.15) is 102 Å². The fraction of sp³-hybridized carbons (Fsp3) is 0.722. The Balaban J connectivity index is 0.000000161. The van der Waals surface area contributed by atoms with E-state index in [9.17, 15) is 13.7 Å². The third kappa shape index (κ3) is 17.9. The van der Waals surface area contributed by atoms with Gasteiger partial charge in [-0.25, -0.2) is 41.8 Å². The summed E-state index contributed by atoms with van der Waals surface area (Å²) in [5, 5.41) is 0. The van der Waals surface area contributed by atoms with Gasteiger partial charge in [0.25, 0.3) is 0 Å². The van der Waals surface area contributed by atoms with Gasteiger partial charge in [-0.2, -0.15) is 29.9 Å². The van der Waals surface area contributed by atoms with E-state index in [1.807, 2.05) is 0 Å². The zero-order valence-electron chi connectivity index (χ0n) is 56.7. The largest absolute Gasteiger partial charge is 0.479 e. The quantitative estimate of drug-likeness (QED) is 0.0342. The number of anilines is 3. The van der Waals surface area contributed by atoms with Gasteiger partial charge in [-0.05, 0) is 20.8 Å². The highest BCUT2D eigenvalue weighted by atomic mass is 33.1. The third-order valence-corrected chi connectivity index (χ3v) is 29.0. The minimum atomic E-state index is -3.95. The van der Waals surface area contributed by atoms with E-state index in [4.69, 9.17) is 86.3 Å². The van der Waals surface area contributed by atoms with E-state index in [1.54, 1.807) is 64.8 Å². The zero-order chi connectivity index (χ0) is 72.1. The topological polar surface area (TPSA) is 399 Å². The molecule has 6 fully saturated rings. The summed E-state index contributed by atoms with van der Waals surface area (Å²) in [7, 11) is 2.23. The molecule has 0 spiro atoms. The standard InChI is InChI=1S/3C18H27FN5O6PS2/c3*1-17(2,3)33-32-7-6-27-31(25)28-8-10-12(30-31)18(4,19)15(29-10)24-9-21-11-13(24)22-16(20)23-14(11)26-5/h3*9-10,12,15H,6-8H2,1-5H3,(H2,20,22,23)/t10-,12-,15-,18-,31?;10-,12-,15-,18-,31+;10-,12-,15-,18-,31-/m111/s1. The second-order valence-corrected chi connectivity index (χ2v) is 40.7. The second kappa shape index (κ2) is 30.6. The predicted molar refractivity (Wildman–Crippen MR) is 372 cm³/mol. The molecule has 6 N–H and O–H groups in total. The van der Waals surface area contributed by atoms with Crippen LogP contribution in [0.3, 0.4) is 0 Å². The molecule has 1 unspecified atom stereocenters. The lowest BCUT2D eigenvalue weighted by molar-refractivity contribution is -0.0702. The van der Waals surface area contributed by atoms with Crippen molar-refractivity contribution >= 4 is 140 Å². The van der Waals surface area contributed by atoms with Crippen molar-refractivity contribution < 1.29 is 96.0 Å². The van der Waals surface area contributed by atoms with Crippen molar-refractivity contribution in [3.8, 4) is 17.6 Å². The van der Waals surface area contributed by atoms with Gasteiger partial charge >= 0.3 is 23.5 Å². The molecule has 12 rings (SSSR count). The molecule has 6 aliphatic heterocycles. The van der Waals surface area contributed by atoms with E-state index in [2.05, 4.69) is 107 Å². The summed E-state index contributed by atoms with van der Waals surface area (Å²) in [6, 6.07) is 0. The van der Waals surface area contributed by atoms with Crippen LogP contribution in [0.2, 0.25) is 0 Å². The number of halogens is 3. The van der Waals surface area contributed by atoms with Gasteiger partial charge in [0.2, 0.25) is 35.5 Å². The van der Waals surface area contributed by atoms with Crippen molar-refractivity contribution in [1.82, 2.24) is 58.6 Å². The average Bonchev–Trinajstić information content (AvgIpc) is 1.60. The molecule has 0 bridgehead atoms. The van der Waals surface area contributed by atoms with Crippen LogP contribution in [-0.2, 0) is 68.6 Å². The molecular weight excluding hydrogens is 1490 g/mol. The van der Waals surface area contributed by atoms with Crippen LogP contribution < -0.4 is 31.4 Å². The molecule has 6 aliphatic rings. The highest BCUT2D eigenvalue weighted by Gasteiger charge is 2.65. The van der Waals surface area contributed by atoms with Crippen molar-refractivity contribution in [2.75, 3.05) is 95.4 Å². The van der Waals surface area contributed by atoms with E-state index in [1.165, 1.54) is 74.8 Å². The summed E-state index contributed by atoms with van der Waals surface area (Å²) in [5.41, 5.74) is 12.6. The first-order valence-corrected chi connectivity index (χ1v) is 41.9. The Morgan fingerprint density at radius 3 is 0.960 bits per heavy atom. The molecule has 0 radical (unpaired) electrons. The summed E-state index contributed by atoms with van der Waals surface area (Å²) < 4.78 is 174. The number of fused-ring (bicyclic) bond motifs is 6. The van der Waals surface area contributed by atoms with E-state index in [0.717, 1.165) is 0 Å². The number of hydrogen-bond acceptors (Lipinski definition) is 36. The molecule has 0 aromatic carbocycles. The Morgan fingerprint density at radius 1 is 0.475 bits per heavy atom. The fourth-order valence-electron chi connectivity index (χ4n) is 10.6. The lowest BCUT2D eigenvalue weighted by Gasteiger charge is -2.33. The predicted octanol–water partition coefficient (Wildman–Crippen LogP) is 11.3. The molecular formula is C54H81F3N15O18P3S6. The summed E-state index contributed by atoms with van der Waals surface area (Å²) in [6.45, 7) is 22.8. The smallest absolute Gasteiger partial charge is 0.475 e. The number of ether oxygens (including phenoxy) is 6. The summed E-state index contributed by atoms with van der Waals surface area (Å²) in [5.74, 6) is 2.02. The summed E-state index contributed by atoms with van der Waals surface area (Å²) >= 11 is 0. The highest BCUT2D eigenvalue weighted by Crippen LogP contribution is 2.63. The molecule has 33 nitrogen and oxygen atoms in total. The van der Waals surface area contributed by atoms with Crippen LogP contribution in [0, 0.1) is 0 Å². The van der Waals surface area contributed by atoms with Crippen molar-refractivity contribution in [3.05, 3.63) is 19.0 Å². The lowest BCUT2D eigenvalue weighted by Crippen LogP contribution is -2.44. The number of hydrogen-bond donors (Lipinski definition) is 3. The Kier molecular flexibility index (Phi) is 24.1. The molecule has 6 aromatic rings. The lowest BCUT2D eigenvalue weighted by atomic mass is 9.98. The van der Waals surface area contributed by atoms with Crippen LogP contribution in [0.4, 0.5) is 31.0 Å². The van der Waals surface area contributed by atoms with Crippen LogP contribution in [0.5, 0.6) is 17.6 Å². The molecule has 15 atom stereocenters. The average molecular weight is 1570 g/mol. The number of nitrogens with two attached hydrogens (primary N) is 3. The SMILES string of the molecule is COc1nc(N)nc2c1ncn2[C@@H]1O[C@@H]2COP(=O)(OCCSSC(C)(C)C)O[C@H]2[C@@]1(C)F.COc1nc(N)nc2c1ncn2[C@@H]1O[C@@H]2CO[P@@](=O)(OCCSSC(C)(C)C)O[C@H]2[C@@]1(C)F.COc1nc(N)nc2c1ncn2[C@@H]1O[C@@H]2CO[P@](=O)(OCCSSC(C)(C)C)O[C@H]2[C@@]1(C)F. The van der Waals surface area contributed by atoms with Crippen molar-refractivity contribution in [2.24, 2.45) is 0 Å². The van der Waals surface area contributed by atoms with Crippen LogP contribution >= 0.6 is 88.2 Å². The number of phosphoric acid groups is 3. The minimum Gasteiger partial charge on any atom is -0.479 e. The number of methoxy groups -OCH3 is 3. The molecule has 552 valence electrons. The van der Waals surface area contributed by atoms with Crippen LogP contribution in [-0.4, -0.2) is 205 Å². The molecule has 99 heavy (non-hydrogen) atoms. The van der Waals surface area contributed by atoms with Gasteiger partial charge in [-0.1, -0.05) is 127 Å². The Hall–Kier alpha value is -3.45. The van der Waals surface area contributed by atoms with E-state index in [0.29, 0.717) is 33.8 Å². The van der Waals surface area contributed by atoms with E-state index >= 15 is 13.2 Å². The van der Waals surface area contributed by atoms with Crippen molar-refractivity contribution in [1.29, 1.82) is 0 Å². The molecule has 0 amide bonds. The Morgan fingerprint density at radius 2 is 0.727 bits per heavy atom. The number of rotatable bonds is 21. The second-order valence-electron chi connectivity index (χ2n) is 26.1. The fourth-order valence-corrected chi connectivity index (χ4v) is 21.7. The maximum absolute atomic E-state index is 16.1. The number of nitrogens with zero attached hydrogens (tertiary/aromatic N) is 12. The van der Waals surface area contributed by atoms with Gasteiger partial charge in [-0.3, -0.25) is 54.4 Å². The number of nitrogen functional groups attached to an aromatic ring is 3. The normalized spacial score (nSPS) is 32.2. The first-order valence-electron chi connectivity index (χ1n) is 30.6. The maximum Gasteiger partial charge on any atom is 0.475 e. The van der Waals surface area contributed by atoms with E-state index in [-0.39, 0.29) is 106 Å². The molecule has 12 heterocycles. The van der Waals surface area contributed by atoms with Gasteiger partial charge in [0, 0.05) is 31.5 Å². The van der Waals surface area contributed by atoms with Crippen molar-refractivity contribution in [2.45, 2.75) is 170 Å². The number of alkyl halides is 3. The first kappa shape index (κ1) is 78.1. The zero-order valence-corrected chi connectivity index (χ0v) is 64.2.